The molecule has 0 spiro atoms. The van der Waals surface area contributed by atoms with E-state index < -0.39 is 5.91 Å². The van der Waals surface area contributed by atoms with Gasteiger partial charge < -0.3 is 24.8 Å². The van der Waals surface area contributed by atoms with Crippen LogP contribution < -0.4 is 24.8 Å². The van der Waals surface area contributed by atoms with Crippen molar-refractivity contribution in [1.82, 2.24) is 15.0 Å². The predicted molar refractivity (Wildman–Crippen MR) is 108 cm³/mol. The number of hydrogen-bond donors (Lipinski definition) is 2. The van der Waals surface area contributed by atoms with Crippen LogP contribution in [0.1, 0.15) is 16.1 Å². The molecule has 0 aliphatic carbocycles. The van der Waals surface area contributed by atoms with E-state index in [0.717, 1.165) is 5.56 Å². The lowest BCUT2D eigenvalue weighted by atomic mass is 10.2. The molecule has 0 aliphatic heterocycles. The van der Waals surface area contributed by atoms with Gasteiger partial charge in [0, 0.05) is 43.0 Å². The molecule has 0 saturated heterocycles. The highest BCUT2D eigenvalue weighted by atomic mass is 16.5. The van der Waals surface area contributed by atoms with E-state index in [4.69, 9.17) is 14.2 Å². The second-order valence-corrected chi connectivity index (χ2v) is 5.84. The van der Waals surface area contributed by atoms with Crippen LogP contribution in [-0.4, -0.2) is 42.2 Å². The highest BCUT2D eigenvalue weighted by Crippen LogP contribution is 2.39. The molecule has 3 aromatic rings. The van der Waals surface area contributed by atoms with E-state index in [1.807, 2.05) is 12.1 Å². The lowest BCUT2D eigenvalue weighted by Gasteiger charge is -2.14. The maximum absolute atomic E-state index is 12.6. The van der Waals surface area contributed by atoms with E-state index in [-0.39, 0.29) is 5.69 Å². The zero-order valence-corrected chi connectivity index (χ0v) is 16.3. The molecule has 0 fully saturated rings. The first kappa shape index (κ1) is 19.9. The van der Waals surface area contributed by atoms with Crippen molar-refractivity contribution in [3.63, 3.8) is 0 Å². The number of carbonyl (C=O) groups excluding carboxylic acids is 1. The fourth-order valence-electron chi connectivity index (χ4n) is 2.60. The van der Waals surface area contributed by atoms with E-state index in [2.05, 4.69) is 25.6 Å². The van der Waals surface area contributed by atoms with Gasteiger partial charge in [-0.3, -0.25) is 9.78 Å². The lowest BCUT2D eigenvalue weighted by molar-refractivity contribution is 0.102. The summed E-state index contributed by atoms with van der Waals surface area (Å²) in [5.41, 5.74) is 1.72. The van der Waals surface area contributed by atoms with Gasteiger partial charge in [0.1, 0.15) is 5.69 Å². The number of ether oxygens (including phenoxy) is 3. The highest BCUT2D eigenvalue weighted by Gasteiger charge is 2.16. The Bertz CT molecular complexity index is 957. The number of nitrogens with zero attached hydrogens (tertiary/aromatic N) is 3. The fraction of sp³-hybridized carbons (Fsp3) is 0.200. The van der Waals surface area contributed by atoms with Crippen LogP contribution in [0.3, 0.4) is 0 Å². The normalized spacial score (nSPS) is 10.2. The van der Waals surface area contributed by atoms with Crippen molar-refractivity contribution >= 4 is 17.5 Å². The number of rotatable bonds is 8. The van der Waals surface area contributed by atoms with E-state index in [0.29, 0.717) is 35.4 Å². The third kappa shape index (κ3) is 4.89. The average Bonchev–Trinajstić information content (AvgIpc) is 2.77. The third-order valence-corrected chi connectivity index (χ3v) is 4.01. The Morgan fingerprint density at radius 2 is 1.66 bits per heavy atom. The van der Waals surface area contributed by atoms with Crippen molar-refractivity contribution in [2.75, 3.05) is 32.0 Å². The van der Waals surface area contributed by atoms with Crippen LogP contribution in [0.25, 0.3) is 0 Å². The van der Waals surface area contributed by atoms with Gasteiger partial charge in [-0.2, -0.15) is 0 Å². The molecule has 0 radical (unpaired) electrons. The Morgan fingerprint density at radius 1 is 0.966 bits per heavy atom. The largest absolute Gasteiger partial charge is 0.493 e. The molecule has 2 N–H and O–H groups in total. The molecule has 0 unspecified atom stereocenters. The molecule has 1 amide bonds. The molecular formula is C20H21N5O4. The van der Waals surface area contributed by atoms with Gasteiger partial charge >= 0.3 is 0 Å². The number of nitrogens with one attached hydrogen (secondary N) is 2. The molecule has 3 rings (SSSR count). The molecule has 29 heavy (non-hydrogen) atoms. The Hall–Kier alpha value is -3.88. The average molecular weight is 395 g/mol. The van der Waals surface area contributed by atoms with Crippen LogP contribution in [-0.2, 0) is 6.54 Å². The van der Waals surface area contributed by atoms with Gasteiger partial charge in [-0.25, -0.2) is 9.97 Å². The summed E-state index contributed by atoms with van der Waals surface area (Å²) in [4.78, 5) is 25.0. The molecule has 9 heteroatoms. The number of carbonyl (C=O) groups is 1. The number of methoxy groups -OCH3 is 3. The zero-order valence-electron chi connectivity index (χ0n) is 16.3. The van der Waals surface area contributed by atoms with Crippen LogP contribution in [0, 0.1) is 0 Å². The first-order valence-corrected chi connectivity index (χ1v) is 8.71. The van der Waals surface area contributed by atoms with Gasteiger partial charge in [0.15, 0.2) is 11.5 Å². The van der Waals surface area contributed by atoms with Crippen LogP contribution in [0.4, 0.5) is 11.6 Å². The fourth-order valence-corrected chi connectivity index (χ4v) is 2.60. The third-order valence-electron chi connectivity index (χ3n) is 4.01. The van der Waals surface area contributed by atoms with Crippen molar-refractivity contribution < 1.29 is 19.0 Å². The monoisotopic (exact) mass is 395 g/mol. The number of aromatic nitrogens is 3. The standard InChI is InChI=1S/C20H21N5O4/c1-27-16-10-14(11-17(28-2)18(16)29-3)24-19(26)15-6-9-22-20(25-15)23-12-13-4-7-21-8-5-13/h4-11H,12H2,1-3H3,(H,24,26)(H,22,23,25). The van der Waals surface area contributed by atoms with Gasteiger partial charge in [-0.1, -0.05) is 0 Å². The van der Waals surface area contributed by atoms with Crippen molar-refractivity contribution in [2.24, 2.45) is 0 Å². The highest BCUT2D eigenvalue weighted by molar-refractivity contribution is 6.03. The summed E-state index contributed by atoms with van der Waals surface area (Å²) >= 11 is 0. The first-order chi connectivity index (χ1) is 14.1. The second kappa shape index (κ2) is 9.36. The quantitative estimate of drug-likeness (QED) is 0.600. The molecule has 1 aromatic carbocycles. The van der Waals surface area contributed by atoms with Gasteiger partial charge in [-0.05, 0) is 23.8 Å². The van der Waals surface area contributed by atoms with Gasteiger partial charge in [0.2, 0.25) is 11.7 Å². The van der Waals surface area contributed by atoms with E-state index in [1.165, 1.54) is 33.6 Å². The topological polar surface area (TPSA) is 107 Å². The molecule has 2 heterocycles. The van der Waals surface area contributed by atoms with Crippen LogP contribution in [0.5, 0.6) is 17.2 Å². The molecule has 2 aromatic heterocycles. The molecule has 0 aliphatic rings. The van der Waals surface area contributed by atoms with E-state index in [1.54, 1.807) is 24.5 Å². The lowest BCUT2D eigenvalue weighted by Crippen LogP contribution is -2.15. The second-order valence-electron chi connectivity index (χ2n) is 5.84. The smallest absolute Gasteiger partial charge is 0.274 e. The van der Waals surface area contributed by atoms with E-state index >= 15 is 0 Å². The van der Waals surface area contributed by atoms with Gasteiger partial charge in [0.25, 0.3) is 5.91 Å². The van der Waals surface area contributed by atoms with Crippen molar-refractivity contribution in [3.8, 4) is 17.2 Å². The number of anilines is 2. The van der Waals surface area contributed by atoms with Crippen molar-refractivity contribution in [2.45, 2.75) is 6.54 Å². The minimum absolute atomic E-state index is 0.214. The summed E-state index contributed by atoms with van der Waals surface area (Å²) in [5, 5.41) is 5.86. The minimum atomic E-state index is -0.395. The van der Waals surface area contributed by atoms with Crippen LogP contribution in [0.15, 0.2) is 48.9 Å². The van der Waals surface area contributed by atoms with Crippen molar-refractivity contribution in [3.05, 3.63) is 60.2 Å². The van der Waals surface area contributed by atoms with E-state index in [9.17, 15) is 4.79 Å². The molecule has 0 bridgehead atoms. The van der Waals surface area contributed by atoms with Crippen molar-refractivity contribution in [1.29, 1.82) is 0 Å². The molecule has 0 saturated carbocycles. The summed E-state index contributed by atoms with van der Waals surface area (Å²) in [7, 11) is 4.53. The Balaban J connectivity index is 1.74. The molecule has 150 valence electrons. The summed E-state index contributed by atoms with van der Waals surface area (Å²) in [6.07, 6.45) is 4.93. The summed E-state index contributed by atoms with van der Waals surface area (Å²) in [5.74, 6) is 1.26. The zero-order chi connectivity index (χ0) is 20.6. The number of hydrogen-bond acceptors (Lipinski definition) is 8. The summed E-state index contributed by atoms with van der Waals surface area (Å²) in [6, 6.07) is 8.58. The van der Waals surface area contributed by atoms with Crippen LogP contribution in [0.2, 0.25) is 0 Å². The molecule has 0 atom stereocenters. The minimum Gasteiger partial charge on any atom is -0.493 e. The molecular weight excluding hydrogens is 374 g/mol. The number of benzene rings is 1. The Kier molecular flexibility index (Phi) is 6.41. The Morgan fingerprint density at radius 3 is 2.28 bits per heavy atom. The maximum atomic E-state index is 12.6. The first-order valence-electron chi connectivity index (χ1n) is 8.71. The number of amides is 1. The Labute approximate surface area is 168 Å². The van der Waals surface area contributed by atoms with Gasteiger partial charge in [-0.15, -0.1) is 0 Å². The SMILES string of the molecule is COc1cc(NC(=O)c2ccnc(NCc3ccncc3)n2)cc(OC)c1OC. The maximum Gasteiger partial charge on any atom is 0.274 e. The molecule has 9 nitrogen and oxygen atoms in total. The van der Waals surface area contributed by atoms with Gasteiger partial charge in [0.05, 0.1) is 21.3 Å². The predicted octanol–water partition coefficient (Wildman–Crippen LogP) is 2.76. The number of pyridine rings is 1. The summed E-state index contributed by atoms with van der Waals surface area (Å²) in [6.45, 7) is 0.514. The summed E-state index contributed by atoms with van der Waals surface area (Å²) < 4.78 is 15.9. The van der Waals surface area contributed by atoms with Crippen LogP contribution >= 0.6 is 0 Å².